The number of nitrogens with zero attached hydrogens (tertiary/aromatic N) is 3. The van der Waals surface area contributed by atoms with Crippen molar-refractivity contribution in [3.8, 4) is 5.75 Å². The molecule has 1 unspecified atom stereocenters. The first-order valence-electron chi connectivity index (χ1n) is 5.56. The van der Waals surface area contributed by atoms with Gasteiger partial charge in [-0.15, -0.1) is 0 Å². The summed E-state index contributed by atoms with van der Waals surface area (Å²) >= 11 is 0. The summed E-state index contributed by atoms with van der Waals surface area (Å²) in [4.78, 5) is 15.6. The molecule has 0 fully saturated rings. The number of carbonyl (C=O) groups is 1. The Morgan fingerprint density at radius 2 is 2.17 bits per heavy atom. The van der Waals surface area contributed by atoms with Gasteiger partial charge in [-0.05, 0) is 24.6 Å². The first kappa shape index (κ1) is 12.1. The van der Waals surface area contributed by atoms with Crippen molar-refractivity contribution in [3.63, 3.8) is 0 Å². The molecular weight excluding hydrogens is 232 g/mol. The van der Waals surface area contributed by atoms with E-state index in [0.717, 1.165) is 5.56 Å². The number of aromatic nitrogens is 3. The number of nitrogens with one attached hydrogen (secondary N) is 1. The number of phenols is 1. The summed E-state index contributed by atoms with van der Waals surface area (Å²) in [6, 6.07) is 6.29. The van der Waals surface area contributed by atoms with Gasteiger partial charge in [-0.2, -0.15) is 5.10 Å². The summed E-state index contributed by atoms with van der Waals surface area (Å²) in [5.74, 6) is 0.0784. The van der Waals surface area contributed by atoms with Crippen molar-refractivity contribution in [3.05, 3.63) is 42.5 Å². The Bertz CT molecular complexity index is 507. The van der Waals surface area contributed by atoms with E-state index in [1.54, 1.807) is 31.2 Å². The number of rotatable bonds is 4. The summed E-state index contributed by atoms with van der Waals surface area (Å²) in [7, 11) is 0. The largest absolute Gasteiger partial charge is 0.508 e. The number of hydrogen-bond acceptors (Lipinski definition) is 4. The minimum absolute atomic E-state index is 0.131. The van der Waals surface area contributed by atoms with Crippen molar-refractivity contribution in [1.82, 2.24) is 20.1 Å². The Balaban J connectivity index is 1.90. The molecule has 1 amide bonds. The molecular formula is C12H14N4O2. The lowest BCUT2D eigenvalue weighted by atomic mass is 10.2. The first-order chi connectivity index (χ1) is 8.66. The zero-order chi connectivity index (χ0) is 13.0. The van der Waals surface area contributed by atoms with E-state index < -0.39 is 6.04 Å². The lowest BCUT2D eigenvalue weighted by Gasteiger charge is -2.12. The van der Waals surface area contributed by atoms with E-state index in [9.17, 15) is 4.79 Å². The molecule has 6 heteroatoms. The van der Waals surface area contributed by atoms with Crippen molar-refractivity contribution < 1.29 is 9.90 Å². The zero-order valence-electron chi connectivity index (χ0n) is 9.95. The van der Waals surface area contributed by atoms with Gasteiger partial charge in [0, 0.05) is 6.54 Å². The molecule has 18 heavy (non-hydrogen) atoms. The minimum Gasteiger partial charge on any atom is -0.508 e. The standard InChI is InChI=1S/C12H14N4O2/c1-9(16-8-13-7-15-16)12(18)14-6-10-2-4-11(17)5-3-10/h2-5,7-9,17H,6H2,1H3,(H,14,18). The summed E-state index contributed by atoms with van der Waals surface area (Å²) in [5.41, 5.74) is 0.923. The van der Waals surface area contributed by atoms with Crippen LogP contribution in [0.15, 0.2) is 36.9 Å². The predicted octanol–water partition coefficient (Wildman–Crippen LogP) is 0.861. The van der Waals surface area contributed by atoms with Gasteiger partial charge in [0.05, 0.1) is 0 Å². The van der Waals surface area contributed by atoms with Crippen LogP contribution in [0.1, 0.15) is 18.5 Å². The van der Waals surface area contributed by atoms with Gasteiger partial charge in [-0.1, -0.05) is 12.1 Å². The fraction of sp³-hybridized carbons (Fsp3) is 0.250. The normalized spacial score (nSPS) is 12.1. The minimum atomic E-state index is -0.399. The van der Waals surface area contributed by atoms with Crippen LogP contribution in [0.2, 0.25) is 0 Å². The molecule has 1 atom stereocenters. The maximum atomic E-state index is 11.8. The Hall–Kier alpha value is -2.37. The van der Waals surface area contributed by atoms with Gasteiger partial charge in [-0.3, -0.25) is 4.79 Å². The molecule has 1 heterocycles. The van der Waals surface area contributed by atoms with Crippen molar-refractivity contribution in [2.45, 2.75) is 19.5 Å². The van der Waals surface area contributed by atoms with E-state index in [2.05, 4.69) is 15.4 Å². The van der Waals surface area contributed by atoms with E-state index in [-0.39, 0.29) is 11.7 Å². The maximum absolute atomic E-state index is 11.8. The molecule has 6 nitrogen and oxygen atoms in total. The van der Waals surface area contributed by atoms with Crippen LogP contribution in [-0.4, -0.2) is 25.8 Å². The average Bonchev–Trinajstić information content (AvgIpc) is 2.90. The third-order valence-electron chi connectivity index (χ3n) is 2.62. The maximum Gasteiger partial charge on any atom is 0.244 e. The molecule has 0 saturated carbocycles. The highest BCUT2D eigenvalue weighted by molar-refractivity contribution is 5.79. The van der Waals surface area contributed by atoms with Crippen molar-refractivity contribution >= 4 is 5.91 Å². The van der Waals surface area contributed by atoms with Crippen molar-refractivity contribution in [2.24, 2.45) is 0 Å². The quantitative estimate of drug-likeness (QED) is 0.838. The molecule has 1 aromatic heterocycles. The van der Waals surface area contributed by atoms with Crippen LogP contribution < -0.4 is 5.32 Å². The van der Waals surface area contributed by atoms with Crippen LogP contribution in [0.5, 0.6) is 5.75 Å². The van der Waals surface area contributed by atoms with E-state index >= 15 is 0 Å². The zero-order valence-corrected chi connectivity index (χ0v) is 9.95. The molecule has 0 aliphatic carbocycles. The SMILES string of the molecule is CC(C(=O)NCc1ccc(O)cc1)n1cncn1. The van der Waals surface area contributed by atoms with Gasteiger partial charge in [0.15, 0.2) is 0 Å². The van der Waals surface area contributed by atoms with Crippen molar-refractivity contribution in [1.29, 1.82) is 0 Å². The van der Waals surface area contributed by atoms with Crippen LogP contribution in [-0.2, 0) is 11.3 Å². The van der Waals surface area contributed by atoms with Crippen LogP contribution in [0, 0.1) is 0 Å². The molecule has 0 aliphatic rings. The number of carbonyl (C=O) groups excluding carboxylic acids is 1. The Labute approximate surface area is 104 Å². The third-order valence-corrected chi connectivity index (χ3v) is 2.62. The summed E-state index contributed by atoms with van der Waals surface area (Å²) in [6.45, 7) is 2.17. The summed E-state index contributed by atoms with van der Waals surface area (Å²) in [5, 5.41) is 15.9. The lowest BCUT2D eigenvalue weighted by Crippen LogP contribution is -2.30. The van der Waals surface area contributed by atoms with Crippen LogP contribution >= 0.6 is 0 Å². The van der Waals surface area contributed by atoms with Gasteiger partial charge >= 0.3 is 0 Å². The fourth-order valence-corrected chi connectivity index (χ4v) is 1.49. The monoisotopic (exact) mass is 246 g/mol. The summed E-state index contributed by atoms with van der Waals surface area (Å²) < 4.78 is 1.49. The van der Waals surface area contributed by atoms with Gasteiger partial charge < -0.3 is 10.4 Å². The second kappa shape index (κ2) is 5.31. The molecule has 0 aliphatic heterocycles. The van der Waals surface area contributed by atoms with Gasteiger partial charge in [0.1, 0.15) is 24.4 Å². The number of aromatic hydroxyl groups is 1. The number of phenolic OH excluding ortho intramolecular Hbond substituents is 1. The smallest absolute Gasteiger partial charge is 0.244 e. The predicted molar refractivity (Wildman–Crippen MR) is 64.7 cm³/mol. The lowest BCUT2D eigenvalue weighted by molar-refractivity contribution is -0.124. The van der Waals surface area contributed by atoms with E-state index in [4.69, 9.17) is 5.11 Å². The van der Waals surface area contributed by atoms with Gasteiger partial charge in [0.2, 0.25) is 5.91 Å². The molecule has 2 aromatic rings. The first-order valence-corrected chi connectivity index (χ1v) is 5.56. The van der Waals surface area contributed by atoms with Crippen LogP contribution in [0.4, 0.5) is 0 Å². The van der Waals surface area contributed by atoms with Crippen molar-refractivity contribution in [2.75, 3.05) is 0 Å². The molecule has 2 N–H and O–H groups in total. The van der Waals surface area contributed by atoms with Gasteiger partial charge in [0.25, 0.3) is 0 Å². The van der Waals surface area contributed by atoms with Crippen LogP contribution in [0.3, 0.4) is 0 Å². The van der Waals surface area contributed by atoms with E-state index in [0.29, 0.717) is 6.54 Å². The molecule has 94 valence electrons. The Kier molecular flexibility index (Phi) is 3.57. The highest BCUT2D eigenvalue weighted by Crippen LogP contribution is 2.09. The Morgan fingerprint density at radius 1 is 1.44 bits per heavy atom. The molecule has 0 bridgehead atoms. The third kappa shape index (κ3) is 2.85. The molecule has 0 radical (unpaired) electrons. The fourth-order valence-electron chi connectivity index (χ4n) is 1.49. The Morgan fingerprint density at radius 3 is 2.78 bits per heavy atom. The molecule has 1 aromatic carbocycles. The van der Waals surface area contributed by atoms with Gasteiger partial charge in [-0.25, -0.2) is 9.67 Å². The highest BCUT2D eigenvalue weighted by Gasteiger charge is 2.14. The molecule has 0 saturated heterocycles. The number of hydrogen-bond donors (Lipinski definition) is 2. The van der Waals surface area contributed by atoms with Crippen LogP contribution in [0.25, 0.3) is 0 Å². The average molecular weight is 246 g/mol. The second-order valence-electron chi connectivity index (χ2n) is 3.94. The summed E-state index contributed by atoms with van der Waals surface area (Å²) in [6.07, 6.45) is 2.90. The molecule has 2 rings (SSSR count). The number of benzene rings is 1. The van der Waals surface area contributed by atoms with E-state index in [1.165, 1.54) is 17.3 Å². The molecule has 0 spiro atoms. The number of amides is 1. The second-order valence-corrected chi connectivity index (χ2v) is 3.94. The van der Waals surface area contributed by atoms with E-state index in [1.807, 2.05) is 0 Å². The topological polar surface area (TPSA) is 80.0 Å². The highest BCUT2D eigenvalue weighted by atomic mass is 16.3.